The van der Waals surface area contributed by atoms with E-state index in [1.54, 1.807) is 31.2 Å². The first kappa shape index (κ1) is 30.0. The van der Waals surface area contributed by atoms with Crippen molar-refractivity contribution in [2.24, 2.45) is 0 Å². The Labute approximate surface area is 230 Å². The van der Waals surface area contributed by atoms with Crippen molar-refractivity contribution in [2.45, 2.75) is 40.3 Å². The van der Waals surface area contributed by atoms with E-state index in [-0.39, 0.29) is 43.7 Å². The van der Waals surface area contributed by atoms with Gasteiger partial charge in [-0.3, -0.25) is 24.6 Å². The maximum absolute atomic E-state index is 14.6. The van der Waals surface area contributed by atoms with Gasteiger partial charge < -0.3 is 19.9 Å². The summed E-state index contributed by atoms with van der Waals surface area (Å²) in [5, 5.41) is 5.50. The van der Waals surface area contributed by atoms with Crippen LogP contribution in [0.1, 0.15) is 48.7 Å². The van der Waals surface area contributed by atoms with Crippen LogP contribution in [0.3, 0.4) is 0 Å². The van der Waals surface area contributed by atoms with Crippen molar-refractivity contribution in [3.05, 3.63) is 58.9 Å². The lowest BCUT2D eigenvalue weighted by Crippen LogP contribution is -2.45. The van der Waals surface area contributed by atoms with E-state index >= 15 is 0 Å². The molecule has 0 unspecified atom stereocenters. The Bertz CT molecular complexity index is 1150. The third kappa shape index (κ3) is 8.24. The van der Waals surface area contributed by atoms with Crippen LogP contribution in [-0.2, 0) is 22.7 Å². The van der Waals surface area contributed by atoms with Gasteiger partial charge in [0.1, 0.15) is 24.7 Å². The molecule has 4 rings (SSSR count). The summed E-state index contributed by atoms with van der Waals surface area (Å²) >= 11 is 0. The van der Waals surface area contributed by atoms with Gasteiger partial charge in [-0.15, -0.1) is 0 Å². The normalized spacial score (nSPS) is 15.3. The molecule has 9 nitrogen and oxygen atoms in total. The number of ether oxygens (including phenoxy) is 1. The van der Waals surface area contributed by atoms with Crippen LogP contribution in [0, 0.1) is 5.82 Å². The highest BCUT2D eigenvalue weighted by Gasteiger charge is 2.30. The molecule has 2 aliphatic heterocycles. The molecule has 2 aliphatic rings. The van der Waals surface area contributed by atoms with E-state index in [0.29, 0.717) is 29.2 Å². The number of amides is 3. The van der Waals surface area contributed by atoms with E-state index in [1.807, 2.05) is 19.9 Å². The summed E-state index contributed by atoms with van der Waals surface area (Å²) in [5.41, 5.74) is 2.37. The molecule has 212 valence electrons. The second-order valence-corrected chi connectivity index (χ2v) is 9.42. The number of imide groups is 1. The number of rotatable bonds is 10. The standard InChI is InChI=1S/C27H34FN5O4.C2H6/c1-3-25(34)30-26(35)18-33-17-22-21(27(33)36)5-4-6-24(22)29-16-19-15-20(7-8-23(19)28)37-14-13-32-11-9-31(2)10-12-32;1-2/h4-8,15,29H,3,9-14,16-18H2,1-2H3,(H,30,34,35);1-2H3. The maximum Gasteiger partial charge on any atom is 0.255 e. The van der Waals surface area contributed by atoms with Gasteiger partial charge >= 0.3 is 0 Å². The molecule has 1 fully saturated rings. The molecule has 0 aliphatic carbocycles. The molecule has 2 aromatic carbocycles. The summed E-state index contributed by atoms with van der Waals surface area (Å²) in [5.74, 6) is -0.918. The van der Waals surface area contributed by atoms with Crippen LogP contribution in [0.5, 0.6) is 5.75 Å². The minimum Gasteiger partial charge on any atom is -0.492 e. The second-order valence-electron chi connectivity index (χ2n) is 9.42. The van der Waals surface area contributed by atoms with Gasteiger partial charge in [0.15, 0.2) is 0 Å². The van der Waals surface area contributed by atoms with E-state index in [1.165, 1.54) is 11.0 Å². The lowest BCUT2D eigenvalue weighted by Gasteiger charge is -2.32. The van der Waals surface area contributed by atoms with Crippen molar-refractivity contribution in [1.82, 2.24) is 20.0 Å². The molecule has 2 N–H and O–H groups in total. The molecule has 2 aromatic rings. The monoisotopic (exact) mass is 541 g/mol. The molecule has 39 heavy (non-hydrogen) atoms. The van der Waals surface area contributed by atoms with Crippen LogP contribution in [0.25, 0.3) is 0 Å². The first-order valence-electron chi connectivity index (χ1n) is 13.6. The number of fused-ring (bicyclic) bond motifs is 1. The number of nitrogens with zero attached hydrogens (tertiary/aromatic N) is 3. The fourth-order valence-electron chi connectivity index (χ4n) is 4.47. The molecule has 0 aromatic heterocycles. The Morgan fingerprint density at radius 2 is 1.79 bits per heavy atom. The number of benzene rings is 2. The number of hydrogen-bond donors (Lipinski definition) is 2. The maximum atomic E-state index is 14.6. The molecule has 0 bridgehead atoms. The zero-order valence-electron chi connectivity index (χ0n) is 23.4. The van der Waals surface area contributed by atoms with Crippen LogP contribution in [0.4, 0.5) is 10.1 Å². The Morgan fingerprint density at radius 1 is 1.05 bits per heavy atom. The van der Waals surface area contributed by atoms with Crippen LogP contribution in [-0.4, -0.2) is 85.3 Å². The number of hydrogen-bond acceptors (Lipinski definition) is 7. The lowest BCUT2D eigenvalue weighted by atomic mass is 10.1. The first-order valence-corrected chi connectivity index (χ1v) is 13.6. The summed E-state index contributed by atoms with van der Waals surface area (Å²) < 4.78 is 20.4. The Balaban J connectivity index is 0.00000205. The predicted molar refractivity (Wildman–Crippen MR) is 149 cm³/mol. The number of nitrogens with one attached hydrogen (secondary N) is 2. The minimum atomic E-state index is -0.519. The van der Waals surface area contributed by atoms with Crippen LogP contribution >= 0.6 is 0 Å². The second kappa shape index (κ2) is 14.6. The molecule has 2 heterocycles. The molecule has 0 radical (unpaired) electrons. The number of halogens is 1. The van der Waals surface area contributed by atoms with E-state index in [9.17, 15) is 18.8 Å². The summed E-state index contributed by atoms with van der Waals surface area (Å²) in [7, 11) is 2.12. The van der Waals surface area contributed by atoms with E-state index < -0.39 is 5.91 Å². The molecular formula is C29H40FN5O4. The van der Waals surface area contributed by atoms with Gasteiger partial charge in [0, 0.05) is 74.6 Å². The lowest BCUT2D eigenvalue weighted by molar-refractivity contribution is -0.130. The van der Waals surface area contributed by atoms with Crippen molar-refractivity contribution >= 4 is 23.4 Å². The van der Waals surface area contributed by atoms with Gasteiger partial charge in [0.2, 0.25) is 11.8 Å². The van der Waals surface area contributed by atoms with Gasteiger partial charge in [-0.05, 0) is 37.4 Å². The zero-order chi connectivity index (χ0) is 28.4. The number of carbonyl (C=O) groups is 3. The largest absolute Gasteiger partial charge is 0.492 e. The average molecular weight is 542 g/mol. The Hall–Kier alpha value is -3.50. The van der Waals surface area contributed by atoms with Crippen LogP contribution < -0.4 is 15.4 Å². The number of piperazine rings is 1. The molecule has 1 saturated heterocycles. The van der Waals surface area contributed by atoms with Gasteiger partial charge in [-0.2, -0.15) is 0 Å². The zero-order valence-corrected chi connectivity index (χ0v) is 23.4. The molecule has 3 amide bonds. The van der Waals surface area contributed by atoms with E-state index in [0.717, 1.165) is 38.3 Å². The highest BCUT2D eigenvalue weighted by Crippen LogP contribution is 2.30. The highest BCUT2D eigenvalue weighted by molar-refractivity contribution is 6.03. The molecule has 0 atom stereocenters. The van der Waals surface area contributed by atoms with Gasteiger partial charge in [-0.1, -0.05) is 26.8 Å². The van der Waals surface area contributed by atoms with Gasteiger partial charge in [0.25, 0.3) is 5.91 Å². The Kier molecular flexibility index (Phi) is 11.2. The number of carbonyl (C=O) groups excluding carboxylic acids is 3. The van der Waals surface area contributed by atoms with E-state index in [4.69, 9.17) is 4.74 Å². The predicted octanol–water partition coefficient (Wildman–Crippen LogP) is 3.10. The highest BCUT2D eigenvalue weighted by atomic mass is 19.1. The average Bonchev–Trinajstić information content (AvgIpc) is 3.26. The van der Waals surface area contributed by atoms with Crippen molar-refractivity contribution in [2.75, 3.05) is 58.2 Å². The van der Waals surface area contributed by atoms with E-state index in [2.05, 4.69) is 27.5 Å². The SMILES string of the molecule is CC.CCC(=O)NC(=O)CN1Cc2c(NCc3cc(OCCN4CCN(C)CC4)ccc3F)cccc2C1=O. The quantitative estimate of drug-likeness (QED) is 0.478. The minimum absolute atomic E-state index is 0.188. The fourth-order valence-corrected chi connectivity index (χ4v) is 4.47. The van der Waals surface area contributed by atoms with Crippen molar-refractivity contribution in [3.8, 4) is 5.75 Å². The fraction of sp³-hybridized carbons (Fsp3) is 0.483. The van der Waals surface area contributed by atoms with Crippen LogP contribution in [0.2, 0.25) is 0 Å². The third-order valence-electron chi connectivity index (χ3n) is 6.74. The first-order chi connectivity index (χ1) is 18.8. The smallest absolute Gasteiger partial charge is 0.255 e. The molecular weight excluding hydrogens is 501 g/mol. The number of likely N-dealkylation sites (N-methyl/N-ethyl adjacent to an activating group) is 1. The summed E-state index contributed by atoms with van der Waals surface area (Å²) in [6.45, 7) is 11.4. The summed E-state index contributed by atoms with van der Waals surface area (Å²) in [6.07, 6.45) is 0.188. The molecule has 0 spiro atoms. The van der Waals surface area contributed by atoms with Crippen LogP contribution in [0.15, 0.2) is 36.4 Å². The van der Waals surface area contributed by atoms with Gasteiger partial charge in [0.05, 0.1) is 0 Å². The van der Waals surface area contributed by atoms with Crippen molar-refractivity contribution in [3.63, 3.8) is 0 Å². The third-order valence-corrected chi connectivity index (χ3v) is 6.74. The number of anilines is 1. The van der Waals surface area contributed by atoms with Crippen molar-refractivity contribution in [1.29, 1.82) is 0 Å². The summed E-state index contributed by atoms with van der Waals surface area (Å²) in [4.78, 5) is 42.4. The Morgan fingerprint density at radius 3 is 2.51 bits per heavy atom. The summed E-state index contributed by atoms with van der Waals surface area (Å²) in [6, 6.07) is 10.0. The van der Waals surface area contributed by atoms with Crippen molar-refractivity contribution < 1.29 is 23.5 Å². The molecule has 10 heteroatoms. The van der Waals surface area contributed by atoms with Gasteiger partial charge in [-0.25, -0.2) is 4.39 Å². The topological polar surface area (TPSA) is 94.2 Å². The molecule has 0 saturated carbocycles.